The van der Waals surface area contributed by atoms with Crippen LogP contribution in [0.4, 0.5) is 0 Å². The smallest absolute Gasteiger partial charge is 0.323 e. The van der Waals surface area contributed by atoms with Crippen LogP contribution in [0.3, 0.4) is 0 Å². The summed E-state index contributed by atoms with van der Waals surface area (Å²) in [5.41, 5.74) is -0.973. The first-order valence-corrected chi connectivity index (χ1v) is 6.46. The first kappa shape index (κ1) is 14.3. The Balaban J connectivity index is 2.06. The fourth-order valence-electron chi connectivity index (χ4n) is 1.96. The van der Waals surface area contributed by atoms with E-state index in [1.165, 1.54) is 6.26 Å². The van der Waals surface area contributed by atoms with E-state index in [-0.39, 0.29) is 6.54 Å². The van der Waals surface area contributed by atoms with Crippen LogP contribution in [0.1, 0.15) is 32.6 Å². The van der Waals surface area contributed by atoms with Crippen molar-refractivity contribution in [1.82, 2.24) is 15.5 Å². The maximum atomic E-state index is 11.4. The fourth-order valence-corrected chi connectivity index (χ4v) is 1.96. The van der Waals surface area contributed by atoms with Crippen LogP contribution in [0.15, 0.2) is 27.3 Å². The molecule has 108 valence electrons. The molecule has 0 radical (unpaired) electrons. The second-order valence-corrected chi connectivity index (χ2v) is 4.44. The molecule has 0 saturated carbocycles. The molecule has 0 aliphatic rings. The van der Waals surface area contributed by atoms with Crippen molar-refractivity contribution in [2.75, 3.05) is 0 Å². The molecule has 7 heteroatoms. The molecule has 2 aromatic heterocycles. The van der Waals surface area contributed by atoms with Crippen molar-refractivity contribution in [3.8, 4) is 11.6 Å². The van der Waals surface area contributed by atoms with Gasteiger partial charge in [-0.05, 0) is 25.0 Å². The van der Waals surface area contributed by atoms with E-state index in [9.17, 15) is 9.90 Å². The van der Waals surface area contributed by atoms with Crippen molar-refractivity contribution in [3.63, 3.8) is 0 Å². The van der Waals surface area contributed by atoms with Crippen LogP contribution in [0, 0.1) is 0 Å². The third kappa shape index (κ3) is 2.72. The molecule has 0 bridgehead atoms. The molecular weight excluding hydrogens is 262 g/mol. The van der Waals surface area contributed by atoms with Crippen LogP contribution in [0.5, 0.6) is 0 Å². The van der Waals surface area contributed by atoms with E-state index in [4.69, 9.17) is 8.94 Å². The monoisotopic (exact) mass is 279 g/mol. The van der Waals surface area contributed by atoms with E-state index in [0.29, 0.717) is 30.3 Å². The number of rotatable bonds is 7. The molecule has 0 saturated heterocycles. The number of nitrogens with zero attached hydrogens (tertiary/aromatic N) is 2. The second kappa shape index (κ2) is 5.87. The number of hydrogen-bond acceptors (Lipinski definition) is 6. The highest BCUT2D eigenvalue weighted by Gasteiger charge is 2.34. The topological polar surface area (TPSA) is 101 Å². The summed E-state index contributed by atoms with van der Waals surface area (Å²) in [4.78, 5) is 15.5. The normalized spacial score (nSPS) is 11.7. The van der Waals surface area contributed by atoms with Gasteiger partial charge in [-0.2, -0.15) is 4.98 Å². The largest absolute Gasteiger partial charge is 0.480 e. The molecule has 0 atom stereocenters. The summed E-state index contributed by atoms with van der Waals surface area (Å²) < 4.78 is 10.2. The molecule has 2 rings (SSSR count). The molecule has 0 amide bonds. The number of carboxylic acids is 1. The Hall–Kier alpha value is -2.15. The number of aliphatic carboxylic acids is 1. The van der Waals surface area contributed by atoms with Crippen molar-refractivity contribution < 1.29 is 18.8 Å². The summed E-state index contributed by atoms with van der Waals surface area (Å²) in [5, 5.41) is 16.1. The van der Waals surface area contributed by atoms with Crippen molar-refractivity contribution in [2.24, 2.45) is 0 Å². The summed E-state index contributed by atoms with van der Waals surface area (Å²) in [7, 11) is 0. The standard InChI is InChI=1S/C13H17N3O4/c1-3-13(4-2,12(17)18)14-8-10-15-11(16-20-10)9-6-5-7-19-9/h5-7,14H,3-4,8H2,1-2H3,(H,17,18). The zero-order valence-electron chi connectivity index (χ0n) is 11.4. The van der Waals surface area contributed by atoms with E-state index in [0.717, 1.165) is 0 Å². The molecule has 20 heavy (non-hydrogen) atoms. The summed E-state index contributed by atoms with van der Waals surface area (Å²) >= 11 is 0. The van der Waals surface area contributed by atoms with Gasteiger partial charge in [0.05, 0.1) is 12.8 Å². The molecule has 0 unspecified atom stereocenters. The first-order chi connectivity index (χ1) is 9.61. The molecule has 2 heterocycles. The minimum atomic E-state index is -0.973. The highest BCUT2D eigenvalue weighted by Crippen LogP contribution is 2.18. The minimum absolute atomic E-state index is 0.196. The predicted octanol–water partition coefficient (Wildman–Crippen LogP) is 2.06. The van der Waals surface area contributed by atoms with Crippen LogP contribution in [0.2, 0.25) is 0 Å². The van der Waals surface area contributed by atoms with E-state index in [2.05, 4.69) is 15.5 Å². The van der Waals surface area contributed by atoms with Gasteiger partial charge in [0, 0.05) is 0 Å². The number of nitrogens with one attached hydrogen (secondary N) is 1. The van der Waals surface area contributed by atoms with E-state index >= 15 is 0 Å². The summed E-state index contributed by atoms with van der Waals surface area (Å²) in [6.45, 7) is 3.85. The lowest BCUT2D eigenvalue weighted by Gasteiger charge is -2.27. The SMILES string of the molecule is CCC(CC)(NCc1nc(-c2ccco2)no1)C(=O)O. The fraction of sp³-hybridized carbons (Fsp3) is 0.462. The Morgan fingerprint density at radius 1 is 1.45 bits per heavy atom. The molecule has 0 spiro atoms. The quantitative estimate of drug-likeness (QED) is 0.799. The Bertz CT molecular complexity index is 558. The zero-order chi connectivity index (χ0) is 14.6. The Morgan fingerprint density at radius 3 is 2.75 bits per heavy atom. The Kier molecular flexibility index (Phi) is 4.19. The number of furan rings is 1. The number of carbonyl (C=O) groups is 1. The van der Waals surface area contributed by atoms with Crippen LogP contribution >= 0.6 is 0 Å². The van der Waals surface area contributed by atoms with Gasteiger partial charge in [-0.1, -0.05) is 19.0 Å². The van der Waals surface area contributed by atoms with Crippen molar-refractivity contribution >= 4 is 5.97 Å². The molecule has 0 aliphatic carbocycles. The van der Waals surface area contributed by atoms with Gasteiger partial charge in [0.2, 0.25) is 11.7 Å². The van der Waals surface area contributed by atoms with Crippen molar-refractivity contribution in [2.45, 2.75) is 38.8 Å². The molecule has 0 fully saturated rings. The maximum Gasteiger partial charge on any atom is 0.323 e. The molecule has 2 N–H and O–H groups in total. The van der Waals surface area contributed by atoms with Crippen molar-refractivity contribution in [1.29, 1.82) is 0 Å². The summed E-state index contributed by atoms with van der Waals surface area (Å²) in [6.07, 6.45) is 2.46. The molecule has 7 nitrogen and oxygen atoms in total. The van der Waals surface area contributed by atoms with Gasteiger partial charge >= 0.3 is 5.97 Å². The van der Waals surface area contributed by atoms with Crippen LogP contribution in [0.25, 0.3) is 11.6 Å². The number of hydrogen-bond donors (Lipinski definition) is 2. The second-order valence-electron chi connectivity index (χ2n) is 4.44. The lowest BCUT2D eigenvalue weighted by molar-refractivity contribution is -0.145. The highest BCUT2D eigenvalue weighted by atomic mass is 16.5. The van der Waals surface area contributed by atoms with Gasteiger partial charge in [-0.3, -0.25) is 10.1 Å². The lowest BCUT2D eigenvalue weighted by atomic mass is 9.93. The zero-order valence-corrected chi connectivity index (χ0v) is 11.4. The molecule has 2 aromatic rings. The third-order valence-electron chi connectivity index (χ3n) is 3.40. The lowest BCUT2D eigenvalue weighted by Crippen LogP contribution is -2.50. The summed E-state index contributed by atoms with van der Waals surface area (Å²) in [5.74, 6) is 0.299. The first-order valence-electron chi connectivity index (χ1n) is 6.46. The molecule has 0 aromatic carbocycles. The maximum absolute atomic E-state index is 11.4. The predicted molar refractivity (Wildman–Crippen MR) is 69.8 cm³/mol. The van der Waals surface area contributed by atoms with Gasteiger partial charge in [0.25, 0.3) is 0 Å². The van der Waals surface area contributed by atoms with Gasteiger partial charge in [0.1, 0.15) is 5.54 Å². The molecule has 0 aliphatic heterocycles. The van der Waals surface area contributed by atoms with Crippen molar-refractivity contribution in [3.05, 3.63) is 24.3 Å². The van der Waals surface area contributed by atoms with Gasteiger partial charge in [0.15, 0.2) is 5.76 Å². The van der Waals surface area contributed by atoms with Crippen LogP contribution in [-0.2, 0) is 11.3 Å². The number of carboxylic acid groups (broad SMARTS) is 1. The summed E-state index contributed by atoms with van der Waals surface area (Å²) in [6, 6.07) is 3.45. The Morgan fingerprint density at radius 2 is 2.20 bits per heavy atom. The average molecular weight is 279 g/mol. The minimum Gasteiger partial charge on any atom is -0.480 e. The van der Waals surface area contributed by atoms with Crippen LogP contribution < -0.4 is 5.32 Å². The highest BCUT2D eigenvalue weighted by molar-refractivity contribution is 5.78. The molecular formula is C13H17N3O4. The average Bonchev–Trinajstić information content (AvgIpc) is 3.11. The van der Waals surface area contributed by atoms with Crippen LogP contribution in [-0.4, -0.2) is 26.8 Å². The Labute approximate surface area is 116 Å². The van der Waals surface area contributed by atoms with Gasteiger partial charge in [-0.25, -0.2) is 0 Å². The third-order valence-corrected chi connectivity index (χ3v) is 3.40. The van der Waals surface area contributed by atoms with Gasteiger partial charge in [-0.15, -0.1) is 0 Å². The van der Waals surface area contributed by atoms with E-state index in [1.807, 2.05) is 13.8 Å². The van der Waals surface area contributed by atoms with E-state index < -0.39 is 11.5 Å². The van der Waals surface area contributed by atoms with E-state index in [1.54, 1.807) is 12.1 Å². The number of aromatic nitrogens is 2. The van der Waals surface area contributed by atoms with Gasteiger partial charge < -0.3 is 14.0 Å².